The van der Waals surface area contributed by atoms with E-state index in [2.05, 4.69) is 16.9 Å². The van der Waals surface area contributed by atoms with Crippen LogP contribution in [0.2, 0.25) is 5.15 Å². The van der Waals surface area contributed by atoms with Crippen molar-refractivity contribution in [2.75, 3.05) is 13.6 Å². The fraction of sp³-hybridized carbons (Fsp3) is 0.471. The minimum atomic E-state index is -0.432. The Labute approximate surface area is 137 Å². The molecular formula is C17H24ClN3O. The van der Waals surface area contributed by atoms with Crippen LogP contribution in [0, 0.1) is 0 Å². The molecule has 0 unspecified atom stereocenters. The van der Waals surface area contributed by atoms with Crippen LogP contribution >= 0.6 is 11.6 Å². The van der Waals surface area contributed by atoms with Crippen LogP contribution in [0.5, 0.6) is 0 Å². The lowest BCUT2D eigenvalue weighted by Gasteiger charge is -2.19. The standard InChI is InChI=1S/C17H24ClN3O/c1-4-15-14(17(18)21(3)19-15)12-20(2)11-10-16(22)13-8-6-5-7-9-13/h5-9,16,22H,4,10-12H2,1-3H3/t16-/m0/s1. The highest BCUT2D eigenvalue weighted by Gasteiger charge is 2.16. The molecule has 1 atom stereocenters. The molecule has 0 saturated carbocycles. The van der Waals surface area contributed by atoms with Gasteiger partial charge in [0, 0.05) is 25.7 Å². The number of hydrogen-bond donors (Lipinski definition) is 1. The molecule has 2 aromatic rings. The number of nitrogens with zero attached hydrogens (tertiary/aromatic N) is 3. The topological polar surface area (TPSA) is 41.3 Å². The van der Waals surface area contributed by atoms with E-state index in [0.29, 0.717) is 11.6 Å². The number of hydrogen-bond acceptors (Lipinski definition) is 3. The van der Waals surface area contributed by atoms with E-state index in [4.69, 9.17) is 11.6 Å². The number of rotatable bonds is 7. The molecule has 0 saturated heterocycles. The molecule has 1 aromatic heterocycles. The quantitative estimate of drug-likeness (QED) is 0.851. The summed E-state index contributed by atoms with van der Waals surface area (Å²) in [4.78, 5) is 2.17. The van der Waals surface area contributed by atoms with Gasteiger partial charge in [-0.1, -0.05) is 48.9 Å². The third-order valence-corrected chi connectivity index (χ3v) is 4.36. The molecule has 120 valence electrons. The molecule has 0 fully saturated rings. The van der Waals surface area contributed by atoms with Crippen LogP contribution in [0.25, 0.3) is 0 Å². The van der Waals surface area contributed by atoms with Crippen LogP contribution in [0.3, 0.4) is 0 Å². The van der Waals surface area contributed by atoms with Crippen LogP contribution < -0.4 is 0 Å². The summed E-state index contributed by atoms with van der Waals surface area (Å²) in [6.07, 6.45) is 1.13. The Bertz CT molecular complexity index is 597. The number of aryl methyl sites for hydroxylation is 2. The third kappa shape index (κ3) is 4.09. The first-order valence-electron chi connectivity index (χ1n) is 7.64. The number of aliphatic hydroxyl groups excluding tert-OH is 1. The summed E-state index contributed by atoms with van der Waals surface area (Å²) in [6, 6.07) is 9.77. The molecule has 22 heavy (non-hydrogen) atoms. The number of aromatic nitrogens is 2. The predicted molar refractivity (Wildman–Crippen MR) is 89.9 cm³/mol. The van der Waals surface area contributed by atoms with Crippen LogP contribution in [-0.4, -0.2) is 33.4 Å². The highest BCUT2D eigenvalue weighted by atomic mass is 35.5. The Morgan fingerprint density at radius 2 is 2.00 bits per heavy atom. The summed E-state index contributed by atoms with van der Waals surface area (Å²) < 4.78 is 1.72. The summed E-state index contributed by atoms with van der Waals surface area (Å²) in [5.74, 6) is 0. The normalized spacial score (nSPS) is 12.8. The van der Waals surface area contributed by atoms with E-state index in [0.717, 1.165) is 36.3 Å². The second-order valence-electron chi connectivity index (χ2n) is 5.65. The Morgan fingerprint density at radius 1 is 1.32 bits per heavy atom. The summed E-state index contributed by atoms with van der Waals surface area (Å²) in [5.41, 5.74) is 3.09. The summed E-state index contributed by atoms with van der Waals surface area (Å²) in [7, 11) is 3.91. The average Bonchev–Trinajstić information content (AvgIpc) is 2.81. The Balaban J connectivity index is 1.92. The van der Waals surface area contributed by atoms with Crippen molar-refractivity contribution in [2.45, 2.75) is 32.4 Å². The molecular weight excluding hydrogens is 298 g/mol. The predicted octanol–water partition coefficient (Wildman–Crippen LogP) is 3.19. The molecule has 1 aromatic carbocycles. The molecule has 2 rings (SSSR count). The maximum Gasteiger partial charge on any atom is 0.131 e. The lowest BCUT2D eigenvalue weighted by molar-refractivity contribution is 0.147. The molecule has 0 bridgehead atoms. The van der Waals surface area contributed by atoms with Crippen molar-refractivity contribution in [3.63, 3.8) is 0 Å². The Kier molecular flexibility index (Phi) is 6.00. The number of benzene rings is 1. The Hall–Kier alpha value is -1.36. The highest BCUT2D eigenvalue weighted by Crippen LogP contribution is 2.22. The molecule has 4 nitrogen and oxygen atoms in total. The zero-order chi connectivity index (χ0) is 16.1. The van der Waals surface area contributed by atoms with E-state index in [1.165, 1.54) is 0 Å². The molecule has 0 radical (unpaired) electrons. The van der Waals surface area contributed by atoms with Crippen molar-refractivity contribution in [1.82, 2.24) is 14.7 Å². The summed E-state index contributed by atoms with van der Waals surface area (Å²) in [5, 5.41) is 15.4. The van der Waals surface area contributed by atoms with Gasteiger partial charge in [-0.05, 0) is 25.5 Å². The van der Waals surface area contributed by atoms with Crippen LogP contribution in [0.1, 0.15) is 36.3 Å². The fourth-order valence-electron chi connectivity index (χ4n) is 2.57. The van der Waals surface area contributed by atoms with Crippen LogP contribution in [0.4, 0.5) is 0 Å². The van der Waals surface area contributed by atoms with E-state index in [1.807, 2.05) is 44.4 Å². The van der Waals surface area contributed by atoms with Gasteiger partial charge in [-0.25, -0.2) is 0 Å². The van der Waals surface area contributed by atoms with Crippen molar-refractivity contribution in [2.24, 2.45) is 7.05 Å². The highest BCUT2D eigenvalue weighted by molar-refractivity contribution is 6.30. The summed E-state index contributed by atoms with van der Waals surface area (Å²) in [6.45, 7) is 3.63. The first-order chi connectivity index (χ1) is 10.5. The first kappa shape index (κ1) is 17.0. The van der Waals surface area contributed by atoms with Crippen molar-refractivity contribution in [1.29, 1.82) is 0 Å². The van der Waals surface area contributed by atoms with Gasteiger partial charge in [0.1, 0.15) is 5.15 Å². The molecule has 0 spiro atoms. The maximum atomic E-state index is 10.2. The minimum absolute atomic E-state index is 0.432. The molecule has 5 heteroatoms. The van der Waals surface area contributed by atoms with Crippen molar-refractivity contribution < 1.29 is 5.11 Å². The van der Waals surface area contributed by atoms with Crippen molar-refractivity contribution in [3.8, 4) is 0 Å². The fourth-order valence-corrected chi connectivity index (χ4v) is 2.78. The minimum Gasteiger partial charge on any atom is -0.388 e. The molecule has 1 N–H and O–H groups in total. The average molecular weight is 322 g/mol. The van der Waals surface area contributed by atoms with Gasteiger partial charge >= 0.3 is 0 Å². The SMILES string of the molecule is CCc1nn(C)c(Cl)c1CN(C)CC[C@H](O)c1ccccc1. The van der Waals surface area contributed by atoms with E-state index in [-0.39, 0.29) is 0 Å². The van der Waals surface area contributed by atoms with Gasteiger partial charge in [-0.15, -0.1) is 0 Å². The maximum absolute atomic E-state index is 10.2. The lowest BCUT2D eigenvalue weighted by atomic mass is 10.1. The molecule has 0 aliphatic rings. The zero-order valence-corrected chi connectivity index (χ0v) is 14.2. The van der Waals surface area contributed by atoms with Crippen LogP contribution in [0.15, 0.2) is 30.3 Å². The van der Waals surface area contributed by atoms with Gasteiger partial charge in [0.15, 0.2) is 0 Å². The van der Waals surface area contributed by atoms with E-state index >= 15 is 0 Å². The first-order valence-corrected chi connectivity index (χ1v) is 8.02. The zero-order valence-electron chi connectivity index (χ0n) is 13.5. The molecule has 0 amide bonds. The third-order valence-electron chi connectivity index (χ3n) is 3.88. The van der Waals surface area contributed by atoms with Crippen molar-refractivity contribution in [3.05, 3.63) is 52.3 Å². The number of halogens is 1. The molecule has 0 aliphatic heterocycles. The second kappa shape index (κ2) is 7.77. The van der Waals surface area contributed by atoms with E-state index < -0.39 is 6.10 Å². The summed E-state index contributed by atoms with van der Waals surface area (Å²) >= 11 is 6.32. The number of aliphatic hydroxyl groups is 1. The van der Waals surface area contributed by atoms with E-state index in [9.17, 15) is 5.11 Å². The van der Waals surface area contributed by atoms with E-state index in [1.54, 1.807) is 4.68 Å². The monoisotopic (exact) mass is 321 g/mol. The van der Waals surface area contributed by atoms with Crippen LogP contribution in [-0.2, 0) is 20.0 Å². The van der Waals surface area contributed by atoms with Crippen molar-refractivity contribution >= 4 is 11.6 Å². The molecule has 1 heterocycles. The van der Waals surface area contributed by atoms with Gasteiger partial charge in [-0.2, -0.15) is 5.10 Å². The van der Waals surface area contributed by atoms with Gasteiger partial charge in [0.2, 0.25) is 0 Å². The second-order valence-corrected chi connectivity index (χ2v) is 6.00. The Morgan fingerprint density at radius 3 is 2.64 bits per heavy atom. The smallest absolute Gasteiger partial charge is 0.131 e. The molecule has 0 aliphatic carbocycles. The largest absolute Gasteiger partial charge is 0.388 e. The van der Waals surface area contributed by atoms with Gasteiger partial charge in [0.25, 0.3) is 0 Å². The van der Waals surface area contributed by atoms with Gasteiger partial charge in [0.05, 0.1) is 11.8 Å². The van der Waals surface area contributed by atoms with Gasteiger partial charge in [-0.3, -0.25) is 4.68 Å². The lowest BCUT2D eigenvalue weighted by Crippen LogP contribution is -2.21. The van der Waals surface area contributed by atoms with Gasteiger partial charge < -0.3 is 10.0 Å².